The van der Waals surface area contributed by atoms with E-state index in [1.807, 2.05) is 36.4 Å². The summed E-state index contributed by atoms with van der Waals surface area (Å²) in [5, 5.41) is 7.13. The quantitative estimate of drug-likeness (QED) is 0.332. The van der Waals surface area contributed by atoms with Gasteiger partial charge in [-0.3, -0.25) is 9.48 Å². The maximum absolute atomic E-state index is 13.9. The average molecular weight is 510 g/mol. The summed E-state index contributed by atoms with van der Waals surface area (Å²) in [7, 11) is 1.61. The lowest BCUT2D eigenvalue weighted by molar-refractivity contribution is 0.102. The number of hydrogen-bond donors (Lipinski definition) is 1. The van der Waals surface area contributed by atoms with Crippen LogP contribution in [0.25, 0.3) is 0 Å². The number of rotatable bonds is 8. The molecule has 8 heteroatoms. The summed E-state index contributed by atoms with van der Waals surface area (Å²) in [5.41, 5.74) is 1.93. The fourth-order valence-electron chi connectivity index (χ4n) is 3.13. The van der Waals surface area contributed by atoms with E-state index in [1.54, 1.807) is 48.3 Å². The van der Waals surface area contributed by atoms with Crippen LogP contribution in [0.15, 0.2) is 83.5 Å². The molecular weight excluding hydrogens is 489 g/mol. The molecule has 33 heavy (non-hydrogen) atoms. The van der Waals surface area contributed by atoms with E-state index in [2.05, 4.69) is 26.3 Å². The van der Waals surface area contributed by atoms with Gasteiger partial charge >= 0.3 is 0 Å². The number of benzene rings is 3. The molecule has 0 aliphatic rings. The first-order chi connectivity index (χ1) is 16.0. The Morgan fingerprint density at radius 2 is 1.73 bits per heavy atom. The molecule has 0 saturated carbocycles. The summed E-state index contributed by atoms with van der Waals surface area (Å²) in [4.78, 5) is 12.7. The first-order valence-electron chi connectivity index (χ1n) is 10.2. The molecular formula is C25H21BrFN3O3. The second kappa shape index (κ2) is 10.3. The van der Waals surface area contributed by atoms with Crippen LogP contribution in [0.2, 0.25) is 0 Å². The molecule has 1 N–H and O–H groups in total. The number of halogens is 2. The van der Waals surface area contributed by atoms with E-state index in [0.717, 1.165) is 17.1 Å². The number of nitrogens with zero attached hydrogens (tertiary/aromatic N) is 2. The normalized spacial score (nSPS) is 10.6. The summed E-state index contributed by atoms with van der Waals surface area (Å²) in [6, 6.07) is 21.0. The lowest BCUT2D eigenvalue weighted by atomic mass is 10.1. The molecule has 6 nitrogen and oxygen atoms in total. The zero-order valence-electron chi connectivity index (χ0n) is 17.8. The summed E-state index contributed by atoms with van der Waals surface area (Å²) >= 11 is 3.40. The zero-order chi connectivity index (χ0) is 23.2. The number of ether oxygens (including phenoxy) is 2. The molecule has 4 rings (SSSR count). The van der Waals surface area contributed by atoms with E-state index >= 15 is 0 Å². The Morgan fingerprint density at radius 3 is 2.42 bits per heavy atom. The summed E-state index contributed by atoms with van der Waals surface area (Å²) in [6.07, 6.45) is 1.70. The molecule has 0 radical (unpaired) electrons. The molecule has 4 aromatic rings. The predicted octanol–water partition coefficient (Wildman–Crippen LogP) is 5.67. The van der Waals surface area contributed by atoms with Gasteiger partial charge in [0.2, 0.25) is 0 Å². The lowest BCUT2D eigenvalue weighted by Gasteiger charge is -2.08. The number of hydrogen-bond acceptors (Lipinski definition) is 4. The Kier molecular flexibility index (Phi) is 7.04. The third-order valence-corrected chi connectivity index (χ3v) is 5.50. The van der Waals surface area contributed by atoms with Crippen molar-refractivity contribution in [2.45, 2.75) is 13.2 Å². The molecule has 1 heterocycles. The molecule has 0 unspecified atom stereocenters. The number of amides is 1. The van der Waals surface area contributed by atoms with Gasteiger partial charge in [-0.1, -0.05) is 30.3 Å². The van der Waals surface area contributed by atoms with Gasteiger partial charge in [-0.15, -0.1) is 0 Å². The standard InChI is InChI=1S/C25H21BrFN3O3/c1-32-20-10-12-21(13-11-20)33-16-17-6-8-18(9-7-17)25(31)28-24-22(26)15-30(29-24)14-19-4-2-3-5-23(19)27/h2-13,15H,14,16H2,1H3,(H,28,29,31). The van der Waals surface area contributed by atoms with E-state index in [0.29, 0.717) is 28.0 Å². The van der Waals surface area contributed by atoms with E-state index in [4.69, 9.17) is 9.47 Å². The Balaban J connectivity index is 1.35. The van der Waals surface area contributed by atoms with Gasteiger partial charge in [0.15, 0.2) is 5.82 Å². The lowest BCUT2D eigenvalue weighted by Crippen LogP contribution is -2.13. The minimum absolute atomic E-state index is 0.254. The smallest absolute Gasteiger partial charge is 0.256 e. The Labute approximate surface area is 199 Å². The Bertz CT molecular complexity index is 1240. The molecule has 0 bridgehead atoms. The van der Waals surface area contributed by atoms with Crippen molar-refractivity contribution in [2.24, 2.45) is 0 Å². The highest BCUT2D eigenvalue weighted by molar-refractivity contribution is 9.10. The van der Waals surface area contributed by atoms with Crippen molar-refractivity contribution in [1.29, 1.82) is 0 Å². The van der Waals surface area contributed by atoms with E-state index < -0.39 is 0 Å². The topological polar surface area (TPSA) is 65.4 Å². The van der Waals surface area contributed by atoms with Gasteiger partial charge in [0.05, 0.1) is 18.1 Å². The van der Waals surface area contributed by atoms with Gasteiger partial charge in [-0.2, -0.15) is 5.10 Å². The van der Waals surface area contributed by atoms with Crippen molar-refractivity contribution in [1.82, 2.24) is 9.78 Å². The van der Waals surface area contributed by atoms with Crippen molar-refractivity contribution in [2.75, 3.05) is 12.4 Å². The van der Waals surface area contributed by atoms with Gasteiger partial charge in [0.25, 0.3) is 5.91 Å². The van der Waals surface area contributed by atoms with Crippen LogP contribution in [-0.4, -0.2) is 22.8 Å². The van der Waals surface area contributed by atoms with Crippen LogP contribution in [0.5, 0.6) is 11.5 Å². The van der Waals surface area contributed by atoms with Crippen LogP contribution in [-0.2, 0) is 13.2 Å². The zero-order valence-corrected chi connectivity index (χ0v) is 19.4. The Morgan fingerprint density at radius 1 is 1.03 bits per heavy atom. The van der Waals surface area contributed by atoms with E-state index in [9.17, 15) is 9.18 Å². The maximum Gasteiger partial charge on any atom is 0.256 e. The fraction of sp³-hybridized carbons (Fsp3) is 0.120. The molecule has 0 aliphatic heterocycles. The number of aromatic nitrogens is 2. The number of nitrogens with one attached hydrogen (secondary N) is 1. The number of carbonyl (C=O) groups excluding carboxylic acids is 1. The van der Waals surface area contributed by atoms with Crippen LogP contribution in [0.3, 0.4) is 0 Å². The second-order valence-electron chi connectivity index (χ2n) is 7.23. The predicted molar refractivity (Wildman–Crippen MR) is 127 cm³/mol. The van der Waals surface area contributed by atoms with Gasteiger partial charge < -0.3 is 14.8 Å². The second-order valence-corrected chi connectivity index (χ2v) is 8.08. The van der Waals surface area contributed by atoms with Gasteiger partial charge in [0.1, 0.15) is 23.9 Å². The Hall–Kier alpha value is -3.65. The van der Waals surface area contributed by atoms with Gasteiger partial charge in [-0.05, 0) is 64.0 Å². The van der Waals surface area contributed by atoms with Crippen molar-refractivity contribution in [3.05, 3.63) is 106 Å². The maximum atomic E-state index is 13.9. The first-order valence-corrected chi connectivity index (χ1v) is 10.9. The van der Waals surface area contributed by atoms with E-state index in [-0.39, 0.29) is 18.3 Å². The fourth-order valence-corrected chi connectivity index (χ4v) is 3.55. The molecule has 0 aliphatic carbocycles. The number of carbonyl (C=O) groups is 1. The van der Waals surface area contributed by atoms with Crippen LogP contribution in [0.1, 0.15) is 21.5 Å². The van der Waals surface area contributed by atoms with Crippen LogP contribution < -0.4 is 14.8 Å². The highest BCUT2D eigenvalue weighted by atomic mass is 79.9. The average Bonchev–Trinajstić information content (AvgIpc) is 3.18. The van der Waals surface area contributed by atoms with Gasteiger partial charge in [-0.25, -0.2) is 4.39 Å². The molecule has 1 aromatic heterocycles. The summed E-state index contributed by atoms with van der Waals surface area (Å²) in [6.45, 7) is 0.629. The first kappa shape index (κ1) is 22.5. The number of methoxy groups -OCH3 is 1. The van der Waals surface area contributed by atoms with E-state index in [1.165, 1.54) is 6.07 Å². The summed E-state index contributed by atoms with van der Waals surface area (Å²) < 4.78 is 27.0. The molecule has 0 spiro atoms. The van der Waals surface area contributed by atoms with Crippen molar-refractivity contribution in [3.63, 3.8) is 0 Å². The molecule has 3 aromatic carbocycles. The molecule has 168 valence electrons. The van der Waals surface area contributed by atoms with Crippen molar-refractivity contribution in [3.8, 4) is 11.5 Å². The number of anilines is 1. The molecule has 0 fully saturated rings. The molecule has 1 amide bonds. The van der Waals surface area contributed by atoms with Crippen molar-refractivity contribution < 1.29 is 18.7 Å². The van der Waals surface area contributed by atoms with Crippen LogP contribution in [0.4, 0.5) is 10.2 Å². The van der Waals surface area contributed by atoms with Crippen LogP contribution >= 0.6 is 15.9 Å². The largest absolute Gasteiger partial charge is 0.497 e. The van der Waals surface area contributed by atoms with Gasteiger partial charge in [0, 0.05) is 17.3 Å². The highest BCUT2D eigenvalue weighted by Gasteiger charge is 2.13. The van der Waals surface area contributed by atoms with Crippen LogP contribution in [0, 0.1) is 5.82 Å². The SMILES string of the molecule is COc1ccc(OCc2ccc(C(=O)Nc3nn(Cc4ccccc4F)cc3Br)cc2)cc1. The minimum Gasteiger partial charge on any atom is -0.497 e. The summed E-state index contributed by atoms with van der Waals surface area (Å²) in [5.74, 6) is 1.26. The third kappa shape index (κ3) is 5.78. The third-order valence-electron chi connectivity index (χ3n) is 4.92. The van der Waals surface area contributed by atoms with Crippen molar-refractivity contribution >= 4 is 27.7 Å². The highest BCUT2D eigenvalue weighted by Crippen LogP contribution is 2.22. The minimum atomic E-state index is -0.300. The molecule has 0 atom stereocenters. The molecule has 0 saturated heterocycles. The monoisotopic (exact) mass is 509 g/mol.